The molecule has 5 rings (SSSR count). The molecular weight excluding hydrogens is 436 g/mol. The number of rotatable bonds is 5. The van der Waals surface area contributed by atoms with Crippen LogP contribution < -0.4 is 4.90 Å². The highest BCUT2D eigenvalue weighted by atomic mass is 32.1. The van der Waals surface area contributed by atoms with Crippen molar-refractivity contribution in [2.24, 2.45) is 0 Å². The number of furan rings is 1. The molecule has 1 unspecified atom stereocenters. The average molecular weight is 459 g/mol. The van der Waals surface area contributed by atoms with Gasteiger partial charge >= 0.3 is 0 Å². The number of amides is 1. The van der Waals surface area contributed by atoms with Gasteiger partial charge in [0, 0.05) is 0 Å². The number of aryl methyl sites for hydroxylation is 1. The first-order valence-corrected chi connectivity index (χ1v) is 11.5. The predicted molar refractivity (Wildman–Crippen MR) is 128 cm³/mol. The molecule has 0 fully saturated rings. The fourth-order valence-electron chi connectivity index (χ4n) is 4.12. The molecule has 3 heterocycles. The van der Waals surface area contributed by atoms with E-state index in [1.807, 2.05) is 43.3 Å². The third-order valence-corrected chi connectivity index (χ3v) is 6.85. The van der Waals surface area contributed by atoms with E-state index in [0.717, 1.165) is 15.8 Å². The number of carbonyl (C=O) groups excluding carboxylic acids is 2. The minimum absolute atomic E-state index is 0.0114. The van der Waals surface area contributed by atoms with Gasteiger partial charge in [0.25, 0.3) is 5.91 Å². The van der Waals surface area contributed by atoms with Crippen molar-refractivity contribution in [3.8, 4) is 0 Å². The van der Waals surface area contributed by atoms with Crippen molar-refractivity contribution in [1.82, 2.24) is 4.98 Å². The van der Waals surface area contributed by atoms with E-state index < -0.39 is 23.5 Å². The van der Waals surface area contributed by atoms with Crippen LogP contribution in [0.25, 0.3) is 10.2 Å². The molecule has 4 aromatic rings. The third-order valence-electron chi connectivity index (χ3n) is 5.83. The summed E-state index contributed by atoms with van der Waals surface area (Å²) in [5.74, 6) is -1.33. The van der Waals surface area contributed by atoms with Crippen LogP contribution in [0.3, 0.4) is 0 Å². The number of Topliss-reactive ketones (excluding diaryl/α,β-unsaturated/α-hetero) is 1. The highest BCUT2D eigenvalue weighted by Gasteiger charge is 2.46. The Morgan fingerprint density at radius 3 is 2.67 bits per heavy atom. The molecule has 166 valence electrons. The summed E-state index contributed by atoms with van der Waals surface area (Å²) in [6.07, 6.45) is 1.39. The number of anilines is 1. The first-order chi connectivity index (χ1) is 15.8. The van der Waals surface area contributed by atoms with E-state index in [-0.39, 0.29) is 11.3 Å². The zero-order valence-electron chi connectivity index (χ0n) is 18.4. The van der Waals surface area contributed by atoms with Crippen LogP contribution in [0.5, 0.6) is 0 Å². The minimum Gasteiger partial charge on any atom is -0.503 e. The van der Waals surface area contributed by atoms with Crippen molar-refractivity contribution in [3.63, 3.8) is 0 Å². The number of thiazole rings is 1. The van der Waals surface area contributed by atoms with Crippen LogP contribution in [0, 0.1) is 6.92 Å². The van der Waals surface area contributed by atoms with Crippen molar-refractivity contribution >= 4 is 38.4 Å². The standard InChI is InChI=1S/C26H22N2O4S/c1-14(2)16-9-10-18-20(13-16)33-26(27-18)28-22(17-7-4-6-15(3)12-17)21(24(30)25(28)31)23(29)19-8-5-11-32-19/h4-14,22,30H,1-3H3. The second-order valence-corrected chi connectivity index (χ2v) is 9.45. The third kappa shape index (κ3) is 3.54. The smallest absolute Gasteiger partial charge is 0.296 e. The van der Waals surface area contributed by atoms with E-state index in [4.69, 9.17) is 4.42 Å². The van der Waals surface area contributed by atoms with Crippen LogP contribution in [0.4, 0.5) is 5.13 Å². The molecule has 2 aromatic heterocycles. The summed E-state index contributed by atoms with van der Waals surface area (Å²) in [5, 5.41) is 11.3. The van der Waals surface area contributed by atoms with Crippen LogP contribution in [0.2, 0.25) is 0 Å². The summed E-state index contributed by atoms with van der Waals surface area (Å²) in [5.41, 5.74) is 3.62. The van der Waals surface area contributed by atoms with Gasteiger partial charge in [0.15, 0.2) is 16.7 Å². The Hall–Kier alpha value is -3.71. The van der Waals surface area contributed by atoms with Crippen molar-refractivity contribution in [2.45, 2.75) is 32.7 Å². The molecule has 33 heavy (non-hydrogen) atoms. The lowest BCUT2D eigenvalue weighted by atomic mass is 9.94. The van der Waals surface area contributed by atoms with E-state index >= 15 is 0 Å². The number of aromatic nitrogens is 1. The number of aliphatic hydroxyl groups is 1. The molecule has 0 bridgehead atoms. The Morgan fingerprint density at radius 2 is 1.97 bits per heavy atom. The highest BCUT2D eigenvalue weighted by molar-refractivity contribution is 7.22. The molecule has 1 atom stereocenters. The number of hydrogen-bond acceptors (Lipinski definition) is 6. The Labute approximate surface area is 194 Å². The summed E-state index contributed by atoms with van der Waals surface area (Å²) in [7, 11) is 0. The van der Waals surface area contributed by atoms with E-state index in [1.165, 1.54) is 34.1 Å². The fraction of sp³-hybridized carbons (Fsp3) is 0.192. The molecule has 0 spiro atoms. The summed E-state index contributed by atoms with van der Waals surface area (Å²) in [6.45, 7) is 6.18. The quantitative estimate of drug-likeness (QED) is 0.365. The van der Waals surface area contributed by atoms with Crippen LogP contribution in [0.15, 0.2) is 76.6 Å². The summed E-state index contributed by atoms with van der Waals surface area (Å²) >= 11 is 1.37. The Kier molecular flexibility index (Phi) is 5.13. The van der Waals surface area contributed by atoms with E-state index in [1.54, 1.807) is 6.07 Å². The van der Waals surface area contributed by atoms with Crippen molar-refractivity contribution in [3.05, 3.63) is 94.6 Å². The summed E-state index contributed by atoms with van der Waals surface area (Å²) in [4.78, 5) is 32.7. The number of fused-ring (bicyclic) bond motifs is 1. The normalized spacial score (nSPS) is 16.4. The number of hydrogen-bond donors (Lipinski definition) is 1. The molecule has 0 saturated heterocycles. The molecule has 2 aromatic carbocycles. The van der Waals surface area contributed by atoms with Crippen LogP contribution in [-0.4, -0.2) is 21.8 Å². The molecule has 1 aliphatic heterocycles. The maximum absolute atomic E-state index is 13.3. The Balaban J connectivity index is 1.67. The lowest BCUT2D eigenvalue weighted by Gasteiger charge is -2.24. The number of aliphatic hydroxyl groups excluding tert-OH is 1. The van der Waals surface area contributed by atoms with Gasteiger partial charge in [-0.05, 0) is 48.2 Å². The minimum atomic E-state index is -0.819. The van der Waals surface area contributed by atoms with Gasteiger partial charge < -0.3 is 9.52 Å². The van der Waals surface area contributed by atoms with Crippen molar-refractivity contribution < 1.29 is 19.1 Å². The molecule has 6 nitrogen and oxygen atoms in total. The topological polar surface area (TPSA) is 83.6 Å². The van der Waals surface area contributed by atoms with E-state index in [2.05, 4.69) is 24.9 Å². The van der Waals surface area contributed by atoms with Gasteiger partial charge in [-0.25, -0.2) is 4.98 Å². The average Bonchev–Trinajstić information content (AvgIpc) is 3.51. The molecular formula is C26H22N2O4S. The lowest BCUT2D eigenvalue weighted by Crippen LogP contribution is -2.31. The highest BCUT2D eigenvalue weighted by Crippen LogP contribution is 2.44. The second-order valence-electron chi connectivity index (χ2n) is 8.44. The first-order valence-electron chi connectivity index (χ1n) is 10.7. The van der Waals surface area contributed by atoms with Gasteiger partial charge in [-0.3, -0.25) is 14.5 Å². The maximum atomic E-state index is 13.3. The molecule has 1 amide bonds. The van der Waals surface area contributed by atoms with Crippen LogP contribution in [-0.2, 0) is 4.79 Å². The number of benzene rings is 2. The van der Waals surface area contributed by atoms with Gasteiger partial charge in [0.2, 0.25) is 5.78 Å². The maximum Gasteiger partial charge on any atom is 0.296 e. The molecule has 1 aliphatic rings. The first kappa shape index (κ1) is 21.2. The van der Waals surface area contributed by atoms with Crippen LogP contribution in [0.1, 0.15) is 53.1 Å². The Bertz CT molecular complexity index is 1420. The molecule has 0 aliphatic carbocycles. The van der Waals surface area contributed by atoms with Gasteiger partial charge in [-0.15, -0.1) is 0 Å². The molecule has 7 heteroatoms. The van der Waals surface area contributed by atoms with Gasteiger partial charge in [-0.2, -0.15) is 0 Å². The Morgan fingerprint density at radius 1 is 1.15 bits per heavy atom. The monoisotopic (exact) mass is 458 g/mol. The molecule has 0 saturated carbocycles. The number of ketones is 1. The summed E-state index contributed by atoms with van der Waals surface area (Å²) < 4.78 is 6.23. The summed E-state index contributed by atoms with van der Waals surface area (Å²) in [6, 6.07) is 15.9. The van der Waals surface area contributed by atoms with Gasteiger partial charge in [0.05, 0.1) is 28.1 Å². The fourth-order valence-corrected chi connectivity index (χ4v) is 5.16. The largest absolute Gasteiger partial charge is 0.503 e. The van der Waals surface area contributed by atoms with Gasteiger partial charge in [-0.1, -0.05) is 61.1 Å². The van der Waals surface area contributed by atoms with Crippen molar-refractivity contribution in [2.75, 3.05) is 4.90 Å². The molecule has 0 radical (unpaired) electrons. The van der Waals surface area contributed by atoms with Crippen molar-refractivity contribution in [1.29, 1.82) is 0 Å². The van der Waals surface area contributed by atoms with Crippen LogP contribution >= 0.6 is 11.3 Å². The predicted octanol–water partition coefficient (Wildman–Crippen LogP) is 6.10. The lowest BCUT2D eigenvalue weighted by molar-refractivity contribution is -0.117. The van der Waals surface area contributed by atoms with Gasteiger partial charge in [0.1, 0.15) is 0 Å². The van der Waals surface area contributed by atoms with E-state index in [0.29, 0.717) is 16.6 Å². The number of carbonyl (C=O) groups is 2. The van der Waals surface area contributed by atoms with E-state index in [9.17, 15) is 14.7 Å². The zero-order valence-corrected chi connectivity index (χ0v) is 19.2. The zero-order chi connectivity index (χ0) is 23.3. The number of nitrogens with zero attached hydrogens (tertiary/aromatic N) is 2. The second kappa shape index (κ2) is 8.01. The molecule has 1 N–H and O–H groups in total. The SMILES string of the molecule is Cc1cccc(C2C(C(=O)c3ccco3)=C(O)C(=O)N2c2nc3ccc(C(C)C)cc3s2)c1.